The van der Waals surface area contributed by atoms with Crippen LogP contribution in [-0.4, -0.2) is 32.1 Å². The predicted octanol–water partition coefficient (Wildman–Crippen LogP) is 0.865. The van der Waals surface area contributed by atoms with Crippen molar-refractivity contribution >= 4 is 11.6 Å². The van der Waals surface area contributed by atoms with E-state index in [4.69, 9.17) is 4.74 Å². The van der Waals surface area contributed by atoms with Crippen LogP contribution in [0.1, 0.15) is 11.1 Å². The number of hydrogen-bond acceptors (Lipinski definition) is 3. The largest absolute Gasteiger partial charge is 0.495 e. The monoisotopic (exact) mass is 232 g/mol. The highest BCUT2D eigenvalue weighted by atomic mass is 16.5. The average molecular weight is 232 g/mol. The Hall–Kier alpha value is -1.55. The van der Waals surface area contributed by atoms with Gasteiger partial charge in [-0.15, -0.1) is 0 Å². The molecule has 1 fully saturated rings. The summed E-state index contributed by atoms with van der Waals surface area (Å²) in [5.41, 5.74) is 3.39. The molecule has 1 atom stereocenters. The minimum absolute atomic E-state index is 0.141. The third-order valence-electron chi connectivity index (χ3n) is 3.50. The van der Waals surface area contributed by atoms with E-state index in [2.05, 4.69) is 18.3 Å². The van der Waals surface area contributed by atoms with E-state index in [1.54, 1.807) is 7.11 Å². The molecule has 4 heteroatoms. The molecule has 0 spiro atoms. The van der Waals surface area contributed by atoms with Crippen molar-refractivity contribution in [3.8, 4) is 5.75 Å². The second-order valence-electron chi connectivity index (χ2n) is 4.73. The third-order valence-corrected chi connectivity index (χ3v) is 3.50. The Bertz CT molecular complexity index is 485. The number of aryl methyl sites for hydroxylation is 1. The van der Waals surface area contributed by atoms with Gasteiger partial charge in [0.1, 0.15) is 5.75 Å². The molecule has 17 heavy (non-hydrogen) atoms. The van der Waals surface area contributed by atoms with Gasteiger partial charge in [0, 0.05) is 6.54 Å². The second-order valence-corrected chi connectivity index (χ2v) is 4.73. The summed E-state index contributed by atoms with van der Waals surface area (Å²) in [6.07, 6.45) is 0.923. The maximum absolute atomic E-state index is 12.0. The van der Waals surface area contributed by atoms with Crippen molar-refractivity contribution in [3.05, 3.63) is 23.3 Å². The molecule has 2 aliphatic heterocycles. The summed E-state index contributed by atoms with van der Waals surface area (Å²) in [6.45, 7) is 3.34. The Morgan fingerprint density at radius 1 is 1.47 bits per heavy atom. The molecule has 1 N–H and O–H groups in total. The number of fused-ring (bicyclic) bond motifs is 3. The normalized spacial score (nSPS) is 22.4. The van der Waals surface area contributed by atoms with Crippen molar-refractivity contribution < 1.29 is 9.53 Å². The van der Waals surface area contributed by atoms with E-state index in [-0.39, 0.29) is 11.9 Å². The molecule has 3 rings (SSSR count). The van der Waals surface area contributed by atoms with E-state index < -0.39 is 0 Å². The molecule has 0 bridgehead atoms. The minimum atomic E-state index is 0.141. The molecule has 2 heterocycles. The van der Waals surface area contributed by atoms with Gasteiger partial charge in [0.15, 0.2) is 0 Å². The Morgan fingerprint density at radius 3 is 3.06 bits per heavy atom. The first-order valence-corrected chi connectivity index (χ1v) is 5.91. The van der Waals surface area contributed by atoms with Crippen molar-refractivity contribution in [2.24, 2.45) is 0 Å². The lowest BCUT2D eigenvalue weighted by Crippen LogP contribution is -2.53. The third kappa shape index (κ3) is 1.52. The number of amides is 1. The van der Waals surface area contributed by atoms with Gasteiger partial charge in [-0.2, -0.15) is 0 Å². The van der Waals surface area contributed by atoms with Crippen LogP contribution in [0.25, 0.3) is 0 Å². The van der Waals surface area contributed by atoms with Gasteiger partial charge >= 0.3 is 0 Å². The molecule has 1 unspecified atom stereocenters. The van der Waals surface area contributed by atoms with Crippen LogP contribution in [0, 0.1) is 6.92 Å². The SMILES string of the molecule is COc1cc(C)cc2c1N1C(=O)CNCC1C2. The Labute approximate surface area is 101 Å². The van der Waals surface area contributed by atoms with Crippen LogP contribution in [0.3, 0.4) is 0 Å². The fourth-order valence-corrected chi connectivity index (χ4v) is 2.85. The van der Waals surface area contributed by atoms with E-state index in [1.165, 1.54) is 11.1 Å². The van der Waals surface area contributed by atoms with Gasteiger partial charge in [0.25, 0.3) is 0 Å². The number of carbonyl (C=O) groups excluding carboxylic acids is 1. The van der Waals surface area contributed by atoms with Crippen LogP contribution in [0.4, 0.5) is 5.69 Å². The molecule has 0 radical (unpaired) electrons. The zero-order valence-corrected chi connectivity index (χ0v) is 10.1. The smallest absolute Gasteiger partial charge is 0.241 e. The number of carbonyl (C=O) groups is 1. The zero-order valence-electron chi connectivity index (χ0n) is 10.1. The van der Waals surface area contributed by atoms with E-state index in [0.29, 0.717) is 6.54 Å². The molecule has 0 saturated carbocycles. The number of nitrogens with zero attached hydrogens (tertiary/aromatic N) is 1. The molecule has 2 aliphatic rings. The van der Waals surface area contributed by atoms with Crippen LogP contribution in [-0.2, 0) is 11.2 Å². The lowest BCUT2D eigenvalue weighted by Gasteiger charge is -2.31. The second kappa shape index (κ2) is 3.74. The minimum Gasteiger partial charge on any atom is -0.495 e. The first-order chi connectivity index (χ1) is 8.20. The molecule has 90 valence electrons. The molecular formula is C13H16N2O2. The van der Waals surface area contributed by atoms with E-state index in [1.807, 2.05) is 11.0 Å². The first kappa shape index (κ1) is 10.6. The van der Waals surface area contributed by atoms with Crippen LogP contribution < -0.4 is 15.0 Å². The van der Waals surface area contributed by atoms with E-state index in [9.17, 15) is 4.79 Å². The lowest BCUT2D eigenvalue weighted by molar-refractivity contribution is -0.119. The Kier molecular flexibility index (Phi) is 2.33. The summed E-state index contributed by atoms with van der Waals surface area (Å²) in [6, 6.07) is 4.40. The number of rotatable bonds is 1. The molecule has 1 aromatic carbocycles. The summed E-state index contributed by atoms with van der Waals surface area (Å²) in [4.78, 5) is 13.9. The summed E-state index contributed by atoms with van der Waals surface area (Å²) < 4.78 is 5.42. The summed E-state index contributed by atoms with van der Waals surface area (Å²) >= 11 is 0. The quantitative estimate of drug-likeness (QED) is 0.781. The van der Waals surface area contributed by atoms with Crippen molar-refractivity contribution in [1.82, 2.24) is 5.32 Å². The summed E-state index contributed by atoms with van der Waals surface area (Å²) in [5, 5.41) is 3.16. The van der Waals surface area contributed by atoms with Crippen molar-refractivity contribution in [2.45, 2.75) is 19.4 Å². The van der Waals surface area contributed by atoms with Gasteiger partial charge in [0.2, 0.25) is 5.91 Å². The highest BCUT2D eigenvalue weighted by Crippen LogP contribution is 2.41. The Morgan fingerprint density at radius 2 is 2.29 bits per heavy atom. The van der Waals surface area contributed by atoms with Crippen LogP contribution in [0.5, 0.6) is 5.75 Å². The van der Waals surface area contributed by atoms with E-state index in [0.717, 1.165) is 24.4 Å². The Balaban J connectivity index is 2.13. The van der Waals surface area contributed by atoms with Gasteiger partial charge in [0.05, 0.1) is 25.4 Å². The van der Waals surface area contributed by atoms with Crippen molar-refractivity contribution in [3.63, 3.8) is 0 Å². The van der Waals surface area contributed by atoms with Crippen molar-refractivity contribution in [1.29, 1.82) is 0 Å². The fourth-order valence-electron chi connectivity index (χ4n) is 2.85. The molecule has 1 saturated heterocycles. The maximum atomic E-state index is 12.0. The van der Waals surface area contributed by atoms with Gasteiger partial charge in [-0.05, 0) is 30.5 Å². The number of piperazine rings is 1. The zero-order chi connectivity index (χ0) is 12.0. The number of ether oxygens (including phenoxy) is 1. The molecule has 0 aromatic heterocycles. The van der Waals surface area contributed by atoms with Crippen LogP contribution in [0.15, 0.2) is 12.1 Å². The maximum Gasteiger partial charge on any atom is 0.241 e. The van der Waals surface area contributed by atoms with Gasteiger partial charge < -0.3 is 15.0 Å². The molecule has 1 amide bonds. The first-order valence-electron chi connectivity index (χ1n) is 5.91. The summed E-state index contributed by atoms with van der Waals surface area (Å²) in [7, 11) is 1.66. The highest BCUT2D eigenvalue weighted by Gasteiger charge is 2.38. The highest BCUT2D eigenvalue weighted by molar-refractivity contribution is 6.00. The van der Waals surface area contributed by atoms with Gasteiger partial charge in [-0.1, -0.05) is 6.07 Å². The molecular weight excluding hydrogens is 216 g/mol. The van der Waals surface area contributed by atoms with Crippen LogP contribution >= 0.6 is 0 Å². The fraction of sp³-hybridized carbons (Fsp3) is 0.462. The molecule has 1 aromatic rings. The standard InChI is InChI=1S/C13H16N2O2/c1-8-3-9-5-10-6-14-7-12(16)15(10)13(9)11(4-8)17-2/h3-4,10,14H,5-7H2,1-2H3. The molecule has 4 nitrogen and oxygen atoms in total. The average Bonchev–Trinajstić information content (AvgIpc) is 2.67. The topological polar surface area (TPSA) is 41.6 Å². The molecule has 0 aliphatic carbocycles. The number of benzene rings is 1. The number of hydrogen-bond donors (Lipinski definition) is 1. The lowest BCUT2D eigenvalue weighted by atomic mass is 10.1. The van der Waals surface area contributed by atoms with Gasteiger partial charge in [-0.25, -0.2) is 0 Å². The van der Waals surface area contributed by atoms with Crippen LogP contribution in [0.2, 0.25) is 0 Å². The predicted molar refractivity (Wildman–Crippen MR) is 65.6 cm³/mol. The van der Waals surface area contributed by atoms with E-state index >= 15 is 0 Å². The van der Waals surface area contributed by atoms with Gasteiger partial charge in [-0.3, -0.25) is 4.79 Å². The number of methoxy groups -OCH3 is 1. The number of nitrogens with one attached hydrogen (secondary N) is 1. The summed E-state index contributed by atoms with van der Waals surface area (Å²) in [5.74, 6) is 0.958. The number of anilines is 1. The van der Waals surface area contributed by atoms with Crippen molar-refractivity contribution in [2.75, 3.05) is 25.1 Å².